The van der Waals surface area contributed by atoms with Crippen molar-refractivity contribution >= 4 is 17.7 Å². The first kappa shape index (κ1) is 11.4. The summed E-state index contributed by atoms with van der Waals surface area (Å²) in [6.45, 7) is 0.521. The van der Waals surface area contributed by atoms with Crippen LogP contribution in [0.5, 0.6) is 0 Å². The van der Waals surface area contributed by atoms with E-state index in [1.165, 1.54) is 7.11 Å². The number of rotatable bonds is 3. The highest BCUT2D eigenvalue weighted by molar-refractivity contribution is 5.99. The summed E-state index contributed by atoms with van der Waals surface area (Å²) in [7, 11) is 1.34. The van der Waals surface area contributed by atoms with Gasteiger partial charge in [-0.2, -0.15) is 0 Å². The van der Waals surface area contributed by atoms with Crippen LogP contribution < -0.4 is 10.6 Å². The van der Waals surface area contributed by atoms with Gasteiger partial charge in [0.2, 0.25) is 5.91 Å². The van der Waals surface area contributed by atoms with E-state index in [1.807, 2.05) is 18.2 Å². The van der Waals surface area contributed by atoms with E-state index in [4.69, 9.17) is 0 Å². The number of ether oxygens (including phenoxy) is 1. The maximum absolute atomic E-state index is 11.2. The lowest BCUT2D eigenvalue weighted by Gasteiger charge is -2.05. The molecule has 1 aliphatic heterocycles. The molecule has 0 spiro atoms. The molecule has 1 aromatic carbocycles. The number of amides is 2. The second kappa shape index (κ2) is 4.86. The summed E-state index contributed by atoms with van der Waals surface area (Å²) >= 11 is 0. The van der Waals surface area contributed by atoms with Gasteiger partial charge < -0.3 is 15.4 Å². The Morgan fingerprint density at radius 1 is 1.53 bits per heavy atom. The second-order valence-electron chi connectivity index (χ2n) is 3.88. The Kier molecular flexibility index (Phi) is 3.27. The third-order valence-corrected chi connectivity index (χ3v) is 2.66. The molecule has 0 aromatic heterocycles. The first-order valence-electron chi connectivity index (χ1n) is 5.42. The standard InChI is InChI=1S/C12H14N2O3/c1-17-12(16)13-5-4-8-2-3-10-9(6-8)7-11(15)14-10/h2-3,6H,4-5,7H2,1H3,(H,13,16)(H,14,15). The maximum Gasteiger partial charge on any atom is 0.406 e. The molecule has 17 heavy (non-hydrogen) atoms. The van der Waals surface area contributed by atoms with Crippen molar-refractivity contribution in [2.75, 3.05) is 19.0 Å². The van der Waals surface area contributed by atoms with E-state index in [2.05, 4.69) is 15.4 Å². The maximum atomic E-state index is 11.2. The molecule has 0 fully saturated rings. The highest BCUT2D eigenvalue weighted by atomic mass is 16.5. The fourth-order valence-corrected chi connectivity index (χ4v) is 1.82. The number of benzene rings is 1. The van der Waals surface area contributed by atoms with E-state index in [-0.39, 0.29) is 5.91 Å². The van der Waals surface area contributed by atoms with Gasteiger partial charge in [0.1, 0.15) is 0 Å². The predicted molar refractivity (Wildman–Crippen MR) is 62.9 cm³/mol. The van der Waals surface area contributed by atoms with E-state index >= 15 is 0 Å². The Labute approximate surface area is 99.2 Å². The third-order valence-electron chi connectivity index (χ3n) is 2.66. The van der Waals surface area contributed by atoms with Crippen LogP contribution in [0.4, 0.5) is 10.5 Å². The van der Waals surface area contributed by atoms with Crippen LogP contribution >= 0.6 is 0 Å². The van der Waals surface area contributed by atoms with Gasteiger partial charge in [0.15, 0.2) is 0 Å². The summed E-state index contributed by atoms with van der Waals surface area (Å²) in [5.41, 5.74) is 3.00. The molecule has 0 bridgehead atoms. The highest BCUT2D eigenvalue weighted by Gasteiger charge is 2.17. The van der Waals surface area contributed by atoms with E-state index in [9.17, 15) is 9.59 Å². The predicted octanol–water partition coefficient (Wildman–Crippen LogP) is 1.08. The first-order chi connectivity index (χ1) is 8.19. The molecular formula is C12H14N2O3. The molecule has 2 N–H and O–H groups in total. The Balaban J connectivity index is 1.93. The van der Waals surface area contributed by atoms with Gasteiger partial charge in [-0.25, -0.2) is 4.79 Å². The Morgan fingerprint density at radius 2 is 2.35 bits per heavy atom. The molecule has 5 nitrogen and oxygen atoms in total. The summed E-state index contributed by atoms with van der Waals surface area (Å²) in [6, 6.07) is 5.84. The fraction of sp³-hybridized carbons (Fsp3) is 0.333. The zero-order chi connectivity index (χ0) is 12.3. The lowest BCUT2D eigenvalue weighted by Crippen LogP contribution is -2.25. The molecule has 1 aliphatic rings. The van der Waals surface area contributed by atoms with Gasteiger partial charge in [-0.15, -0.1) is 0 Å². The summed E-state index contributed by atoms with van der Waals surface area (Å²) in [6.07, 6.45) is 0.729. The highest BCUT2D eigenvalue weighted by Crippen LogP contribution is 2.23. The van der Waals surface area contributed by atoms with Crippen LogP contribution in [0.25, 0.3) is 0 Å². The first-order valence-corrected chi connectivity index (χ1v) is 5.42. The topological polar surface area (TPSA) is 67.4 Å². The van der Waals surface area contributed by atoms with Crippen molar-refractivity contribution in [1.29, 1.82) is 0 Å². The number of fused-ring (bicyclic) bond motifs is 1. The third kappa shape index (κ3) is 2.75. The molecule has 0 radical (unpaired) electrons. The van der Waals surface area contributed by atoms with Gasteiger partial charge in [0.05, 0.1) is 13.5 Å². The van der Waals surface area contributed by atoms with Gasteiger partial charge in [-0.05, 0) is 23.6 Å². The van der Waals surface area contributed by atoms with Crippen LogP contribution in [-0.2, 0) is 22.4 Å². The van der Waals surface area contributed by atoms with E-state index in [0.717, 1.165) is 23.2 Å². The minimum absolute atomic E-state index is 0.0323. The van der Waals surface area contributed by atoms with Crippen LogP contribution in [-0.4, -0.2) is 25.7 Å². The zero-order valence-corrected chi connectivity index (χ0v) is 9.58. The SMILES string of the molecule is COC(=O)NCCc1ccc2c(c1)CC(=O)N2. The largest absolute Gasteiger partial charge is 0.453 e. The lowest BCUT2D eigenvalue weighted by molar-refractivity contribution is -0.115. The molecule has 0 atom stereocenters. The molecule has 0 aliphatic carbocycles. The normalized spacial score (nSPS) is 12.9. The van der Waals surface area contributed by atoms with Crippen molar-refractivity contribution in [1.82, 2.24) is 5.32 Å². The smallest absolute Gasteiger partial charge is 0.406 e. The Morgan fingerprint density at radius 3 is 3.12 bits per heavy atom. The summed E-state index contributed by atoms with van der Waals surface area (Å²) < 4.78 is 4.47. The minimum atomic E-state index is -0.428. The number of methoxy groups -OCH3 is 1. The van der Waals surface area contributed by atoms with Crippen molar-refractivity contribution in [3.63, 3.8) is 0 Å². The summed E-state index contributed by atoms with van der Waals surface area (Å²) in [5, 5.41) is 5.39. The molecular weight excluding hydrogens is 220 g/mol. The van der Waals surface area contributed by atoms with Gasteiger partial charge in [-0.1, -0.05) is 12.1 Å². The molecule has 1 heterocycles. The molecule has 0 saturated carbocycles. The van der Waals surface area contributed by atoms with E-state index < -0.39 is 6.09 Å². The van der Waals surface area contributed by atoms with Crippen molar-refractivity contribution in [2.24, 2.45) is 0 Å². The minimum Gasteiger partial charge on any atom is -0.453 e. The molecule has 2 amide bonds. The van der Waals surface area contributed by atoms with E-state index in [0.29, 0.717) is 13.0 Å². The number of hydrogen-bond acceptors (Lipinski definition) is 3. The molecule has 0 unspecified atom stereocenters. The van der Waals surface area contributed by atoms with Crippen molar-refractivity contribution in [3.05, 3.63) is 29.3 Å². The monoisotopic (exact) mass is 234 g/mol. The van der Waals surface area contributed by atoms with Crippen molar-refractivity contribution < 1.29 is 14.3 Å². The van der Waals surface area contributed by atoms with Gasteiger partial charge >= 0.3 is 6.09 Å². The molecule has 0 saturated heterocycles. The number of hydrogen-bond donors (Lipinski definition) is 2. The molecule has 1 aromatic rings. The summed E-state index contributed by atoms with van der Waals surface area (Å²) in [4.78, 5) is 22.0. The molecule has 90 valence electrons. The van der Waals surface area contributed by atoms with Gasteiger partial charge in [0.25, 0.3) is 0 Å². The average molecular weight is 234 g/mol. The quantitative estimate of drug-likeness (QED) is 0.822. The summed E-state index contributed by atoms with van der Waals surface area (Å²) in [5.74, 6) is 0.0323. The van der Waals surface area contributed by atoms with Crippen LogP contribution in [0.2, 0.25) is 0 Å². The van der Waals surface area contributed by atoms with Crippen LogP contribution in [0, 0.1) is 0 Å². The zero-order valence-electron chi connectivity index (χ0n) is 9.58. The number of anilines is 1. The van der Waals surface area contributed by atoms with Crippen molar-refractivity contribution in [3.8, 4) is 0 Å². The second-order valence-corrected chi connectivity index (χ2v) is 3.88. The Hall–Kier alpha value is -2.04. The van der Waals surface area contributed by atoms with Gasteiger partial charge in [0, 0.05) is 12.2 Å². The van der Waals surface area contributed by atoms with E-state index in [1.54, 1.807) is 0 Å². The molecule has 2 rings (SSSR count). The number of nitrogens with one attached hydrogen (secondary N) is 2. The van der Waals surface area contributed by atoms with Crippen molar-refractivity contribution in [2.45, 2.75) is 12.8 Å². The molecule has 5 heteroatoms. The average Bonchev–Trinajstić information content (AvgIpc) is 2.68. The lowest BCUT2D eigenvalue weighted by atomic mass is 10.1. The van der Waals surface area contributed by atoms with Crippen LogP contribution in [0.15, 0.2) is 18.2 Å². The number of carbonyl (C=O) groups is 2. The number of carbonyl (C=O) groups excluding carboxylic acids is 2. The van der Waals surface area contributed by atoms with Crippen LogP contribution in [0.1, 0.15) is 11.1 Å². The Bertz CT molecular complexity index is 457. The number of alkyl carbamates (subject to hydrolysis) is 1. The fourth-order valence-electron chi connectivity index (χ4n) is 1.82. The van der Waals surface area contributed by atoms with Crippen LogP contribution in [0.3, 0.4) is 0 Å². The van der Waals surface area contributed by atoms with Gasteiger partial charge in [-0.3, -0.25) is 4.79 Å².